The molecule has 0 aliphatic rings. The lowest BCUT2D eigenvalue weighted by Crippen LogP contribution is -2.20. The van der Waals surface area contributed by atoms with E-state index >= 15 is 0 Å². The molecule has 0 saturated heterocycles. The van der Waals surface area contributed by atoms with Gasteiger partial charge in [0.05, 0.1) is 22.5 Å². The second-order valence-electron chi connectivity index (χ2n) is 6.34. The molecule has 0 aliphatic heterocycles. The fourth-order valence-corrected chi connectivity index (χ4v) is 4.44. The molecule has 3 rings (SSSR count). The van der Waals surface area contributed by atoms with Gasteiger partial charge in [0, 0.05) is 6.07 Å². The second kappa shape index (κ2) is 9.40. The molecule has 1 amide bonds. The van der Waals surface area contributed by atoms with E-state index in [9.17, 15) is 26.8 Å². The summed E-state index contributed by atoms with van der Waals surface area (Å²) in [7, 11) is -4.06. The van der Waals surface area contributed by atoms with E-state index in [1.54, 1.807) is 12.1 Å². The topological polar surface area (TPSA) is 109 Å². The number of sulfone groups is 1. The molecule has 162 valence electrons. The van der Waals surface area contributed by atoms with E-state index in [0.717, 1.165) is 48.1 Å². The van der Waals surface area contributed by atoms with Gasteiger partial charge >= 0.3 is 0 Å². The Morgan fingerprint density at radius 2 is 1.87 bits per heavy atom. The number of nitrogens with zero attached hydrogens (tertiary/aromatic N) is 1. The van der Waals surface area contributed by atoms with Crippen molar-refractivity contribution in [3.05, 3.63) is 76.2 Å². The summed E-state index contributed by atoms with van der Waals surface area (Å²) in [5, 5.41) is 2.21. The van der Waals surface area contributed by atoms with Crippen molar-refractivity contribution < 1.29 is 22.0 Å². The summed E-state index contributed by atoms with van der Waals surface area (Å²) in [5.41, 5.74) is -0.245. The van der Waals surface area contributed by atoms with Crippen molar-refractivity contribution in [3.8, 4) is 0 Å². The number of halogens is 2. The molecule has 1 aromatic heterocycles. The van der Waals surface area contributed by atoms with Crippen LogP contribution in [0, 0.1) is 11.6 Å². The SMILES string of the molecule is CCc1ccc(S(=O)(=O)c2cnc(SCC(=O)Nc3cc(F)ccc3F)[nH]c2=O)cc1. The Balaban J connectivity index is 1.71. The van der Waals surface area contributed by atoms with Crippen LogP contribution in [-0.4, -0.2) is 30.0 Å². The number of hydrogen-bond donors (Lipinski definition) is 2. The van der Waals surface area contributed by atoms with Gasteiger partial charge in [-0.1, -0.05) is 30.8 Å². The third kappa shape index (κ3) is 5.36. The third-order valence-electron chi connectivity index (χ3n) is 4.22. The molecule has 0 unspecified atom stereocenters. The molecular formula is C20H17F2N3O4S2. The number of thioether (sulfide) groups is 1. The molecule has 11 heteroatoms. The summed E-state index contributed by atoms with van der Waals surface area (Å²) >= 11 is 0.802. The van der Waals surface area contributed by atoms with E-state index < -0.39 is 37.8 Å². The first kappa shape index (κ1) is 22.6. The van der Waals surface area contributed by atoms with Crippen LogP contribution in [0.5, 0.6) is 0 Å². The summed E-state index contributed by atoms with van der Waals surface area (Å²) in [6, 6.07) is 8.81. The van der Waals surface area contributed by atoms with Crippen molar-refractivity contribution in [3.63, 3.8) is 0 Å². The molecule has 2 N–H and O–H groups in total. The molecule has 0 atom stereocenters. The summed E-state index contributed by atoms with van der Waals surface area (Å²) in [6.45, 7) is 1.93. The van der Waals surface area contributed by atoms with Gasteiger partial charge in [0.1, 0.15) is 11.6 Å². The van der Waals surface area contributed by atoms with Gasteiger partial charge in [-0.25, -0.2) is 22.2 Å². The smallest absolute Gasteiger partial charge is 0.270 e. The Hall–Kier alpha value is -3.05. The van der Waals surface area contributed by atoms with Gasteiger partial charge < -0.3 is 10.3 Å². The Bertz CT molecular complexity index is 1280. The van der Waals surface area contributed by atoms with Crippen LogP contribution in [0.25, 0.3) is 0 Å². The predicted octanol–water partition coefficient (Wildman–Crippen LogP) is 3.17. The molecule has 2 aromatic carbocycles. The highest BCUT2D eigenvalue weighted by atomic mass is 32.2. The summed E-state index contributed by atoms with van der Waals surface area (Å²) in [6.07, 6.45) is 1.67. The number of H-pyrrole nitrogens is 1. The van der Waals surface area contributed by atoms with Gasteiger partial charge in [0.25, 0.3) is 5.56 Å². The maximum atomic E-state index is 13.6. The van der Waals surface area contributed by atoms with E-state index in [4.69, 9.17) is 0 Å². The zero-order valence-corrected chi connectivity index (χ0v) is 17.8. The molecule has 1 heterocycles. The number of aryl methyl sites for hydroxylation is 1. The van der Waals surface area contributed by atoms with Crippen LogP contribution >= 0.6 is 11.8 Å². The number of benzene rings is 2. The quantitative estimate of drug-likeness (QED) is 0.410. The predicted molar refractivity (Wildman–Crippen MR) is 112 cm³/mol. The number of carbonyl (C=O) groups excluding carboxylic acids is 1. The van der Waals surface area contributed by atoms with E-state index in [-0.39, 0.29) is 21.5 Å². The van der Waals surface area contributed by atoms with E-state index in [0.29, 0.717) is 0 Å². The Kier molecular flexibility index (Phi) is 6.86. The van der Waals surface area contributed by atoms with Crippen LogP contribution in [-0.2, 0) is 21.1 Å². The van der Waals surface area contributed by atoms with Crippen molar-refractivity contribution in [1.29, 1.82) is 0 Å². The molecule has 7 nitrogen and oxygen atoms in total. The van der Waals surface area contributed by atoms with Crippen molar-refractivity contribution in [2.24, 2.45) is 0 Å². The molecule has 3 aromatic rings. The molecule has 31 heavy (non-hydrogen) atoms. The average molecular weight is 466 g/mol. The number of hydrogen-bond acceptors (Lipinski definition) is 6. The zero-order valence-electron chi connectivity index (χ0n) is 16.2. The maximum Gasteiger partial charge on any atom is 0.270 e. The number of aromatic nitrogens is 2. The molecule has 0 saturated carbocycles. The average Bonchev–Trinajstić information content (AvgIpc) is 2.74. The van der Waals surface area contributed by atoms with Crippen LogP contribution in [0.1, 0.15) is 12.5 Å². The van der Waals surface area contributed by atoms with Gasteiger partial charge in [0.15, 0.2) is 10.1 Å². The van der Waals surface area contributed by atoms with E-state index in [2.05, 4.69) is 15.3 Å². The molecule has 0 radical (unpaired) electrons. The number of nitrogens with one attached hydrogen (secondary N) is 2. The van der Waals surface area contributed by atoms with Crippen LogP contribution in [0.3, 0.4) is 0 Å². The zero-order chi connectivity index (χ0) is 22.6. The minimum Gasteiger partial charge on any atom is -0.323 e. The minimum absolute atomic E-state index is 0.000134. The molecule has 0 bridgehead atoms. The Morgan fingerprint density at radius 3 is 2.52 bits per heavy atom. The first-order valence-electron chi connectivity index (χ1n) is 9.01. The van der Waals surface area contributed by atoms with Gasteiger partial charge in [-0.05, 0) is 36.2 Å². The Morgan fingerprint density at radius 1 is 1.16 bits per heavy atom. The van der Waals surface area contributed by atoms with Gasteiger partial charge in [-0.3, -0.25) is 9.59 Å². The number of amides is 1. The van der Waals surface area contributed by atoms with Crippen molar-refractivity contribution >= 4 is 33.2 Å². The lowest BCUT2D eigenvalue weighted by atomic mass is 10.2. The number of aromatic amines is 1. The number of rotatable bonds is 7. The van der Waals surface area contributed by atoms with E-state index in [1.165, 1.54) is 12.1 Å². The summed E-state index contributed by atoms with van der Waals surface area (Å²) in [4.78, 5) is 29.9. The van der Waals surface area contributed by atoms with Crippen LogP contribution in [0.4, 0.5) is 14.5 Å². The highest BCUT2D eigenvalue weighted by Gasteiger charge is 2.22. The lowest BCUT2D eigenvalue weighted by Gasteiger charge is -2.07. The van der Waals surface area contributed by atoms with Crippen LogP contribution in [0.15, 0.2) is 68.4 Å². The fourth-order valence-electron chi connectivity index (χ4n) is 2.58. The van der Waals surface area contributed by atoms with Gasteiger partial charge in [-0.2, -0.15) is 0 Å². The summed E-state index contributed by atoms with van der Waals surface area (Å²) in [5.74, 6) is -2.45. The maximum absolute atomic E-state index is 13.6. The standard InChI is InChI=1S/C20H17F2N3O4S2/c1-2-12-3-6-14(7-4-12)31(28,29)17-10-23-20(25-19(17)27)30-11-18(26)24-16-9-13(21)5-8-15(16)22/h3-10H,2,11H2,1H3,(H,24,26)(H,23,25,27). The Labute approximate surface area is 180 Å². The van der Waals surface area contributed by atoms with Gasteiger partial charge in [-0.15, -0.1) is 0 Å². The largest absolute Gasteiger partial charge is 0.323 e. The highest BCUT2D eigenvalue weighted by Crippen LogP contribution is 2.20. The van der Waals surface area contributed by atoms with E-state index in [1.807, 2.05) is 6.92 Å². The molecule has 0 fully saturated rings. The van der Waals surface area contributed by atoms with Crippen molar-refractivity contribution in [1.82, 2.24) is 9.97 Å². The number of anilines is 1. The minimum atomic E-state index is -4.06. The molecule has 0 aliphatic carbocycles. The second-order valence-corrected chi connectivity index (χ2v) is 9.23. The lowest BCUT2D eigenvalue weighted by molar-refractivity contribution is -0.113. The first-order chi connectivity index (χ1) is 14.7. The van der Waals surface area contributed by atoms with Crippen LogP contribution in [0.2, 0.25) is 0 Å². The third-order valence-corrected chi connectivity index (χ3v) is 6.87. The summed E-state index contributed by atoms with van der Waals surface area (Å²) < 4.78 is 52.1. The fraction of sp³-hybridized carbons (Fsp3) is 0.150. The first-order valence-corrected chi connectivity index (χ1v) is 11.5. The molecular weight excluding hydrogens is 448 g/mol. The van der Waals surface area contributed by atoms with Gasteiger partial charge in [0.2, 0.25) is 15.7 Å². The van der Waals surface area contributed by atoms with Crippen molar-refractivity contribution in [2.75, 3.05) is 11.1 Å². The number of carbonyl (C=O) groups is 1. The van der Waals surface area contributed by atoms with Crippen LogP contribution < -0.4 is 10.9 Å². The van der Waals surface area contributed by atoms with Crippen molar-refractivity contribution in [2.45, 2.75) is 28.3 Å². The normalized spacial score (nSPS) is 11.3. The monoisotopic (exact) mass is 465 g/mol. The highest BCUT2D eigenvalue weighted by molar-refractivity contribution is 7.99. The molecule has 0 spiro atoms.